The van der Waals surface area contributed by atoms with Crippen LogP contribution in [0.2, 0.25) is 0 Å². The Morgan fingerprint density at radius 2 is 0.621 bits per heavy atom. The second-order valence-electron chi connectivity index (χ2n) is 15.4. The predicted molar refractivity (Wildman–Crippen MR) is 280 cm³/mol. The van der Waals surface area contributed by atoms with Crippen LogP contribution < -0.4 is 0 Å². The Morgan fingerprint density at radius 3 is 0.931 bits per heavy atom. The molecule has 3 aromatic heterocycles. The van der Waals surface area contributed by atoms with Crippen LogP contribution in [-0.2, 0) is 0 Å². The molecule has 4 aromatic carbocycles. The Labute approximate surface area is 393 Å². The molecule has 0 radical (unpaired) electrons. The molecular weight excluding hydrogens is 1160 g/mol. The fourth-order valence-electron chi connectivity index (χ4n) is 8.88. The molecule has 0 atom stereocenters. The summed E-state index contributed by atoms with van der Waals surface area (Å²) in [6, 6.07) is 31.4. The summed E-state index contributed by atoms with van der Waals surface area (Å²) in [6.07, 6.45) is 8.76. The van der Waals surface area contributed by atoms with Crippen molar-refractivity contribution in [1.29, 1.82) is 0 Å². The number of hydrogen-bond donors (Lipinski definition) is 2. The summed E-state index contributed by atoms with van der Waals surface area (Å²) < 4.78 is 4.71. The Bertz CT molecular complexity index is 2830. The largest absolute Gasteiger partial charge is 0.354 e. The van der Waals surface area contributed by atoms with E-state index in [0.29, 0.717) is 0 Å². The Balaban J connectivity index is 1.52. The molecule has 5 heterocycles. The standard InChI is InChI=1S/C50H38I4N4/c1-25-15-27(3)45(28(4)16-25)49-41-11-7-37(55-41)47(31-19-33(51)23-34(52)20-31)39-9-13-43(57-39)50(46-29(5)17-26(2)18-30(46)6)44-14-10-40(58-44)48(38-8-12-42(49)56-38)32-21-35(53)24-36(54)22-32/h7-24,55,58H,1-6H3. The van der Waals surface area contributed by atoms with Crippen molar-refractivity contribution in [3.05, 3.63) is 155 Å². The number of hydrogen-bond acceptors (Lipinski definition) is 2. The van der Waals surface area contributed by atoms with E-state index >= 15 is 0 Å². The van der Waals surface area contributed by atoms with Crippen LogP contribution in [0.1, 0.15) is 56.2 Å². The summed E-state index contributed by atoms with van der Waals surface area (Å²) in [5, 5.41) is 0. The van der Waals surface area contributed by atoms with Crippen LogP contribution in [-0.4, -0.2) is 19.9 Å². The molecule has 0 saturated heterocycles. The van der Waals surface area contributed by atoms with Gasteiger partial charge in [0.15, 0.2) is 0 Å². The van der Waals surface area contributed by atoms with E-state index in [4.69, 9.17) is 9.97 Å². The molecule has 0 amide bonds. The van der Waals surface area contributed by atoms with Gasteiger partial charge in [0, 0.05) is 58.6 Å². The third-order valence-electron chi connectivity index (χ3n) is 10.9. The highest BCUT2D eigenvalue weighted by Crippen LogP contribution is 2.42. The van der Waals surface area contributed by atoms with E-state index in [1.807, 2.05) is 0 Å². The van der Waals surface area contributed by atoms with E-state index in [9.17, 15) is 0 Å². The number of halogens is 4. The summed E-state index contributed by atoms with van der Waals surface area (Å²) in [5.74, 6) is 0. The Hall–Kier alpha value is -3.60. The van der Waals surface area contributed by atoms with Crippen molar-refractivity contribution < 1.29 is 0 Å². The SMILES string of the molecule is Cc1cc(C)c(-c2c3nc(c(-c4cc(I)cc(I)c4)c4ccc([nH]4)c(-c4c(C)cc(C)cc4C)c4nc(c(-c5cc(I)cc(I)c5)c5ccc2[nH]5)C=C4)C=C3)c(C)c1. The first kappa shape index (κ1) is 39.8. The van der Waals surface area contributed by atoms with E-state index < -0.39 is 0 Å². The molecule has 8 heteroatoms. The van der Waals surface area contributed by atoms with Gasteiger partial charge in [-0.15, -0.1) is 0 Å². The highest BCUT2D eigenvalue weighted by Gasteiger charge is 2.22. The van der Waals surface area contributed by atoms with Crippen molar-refractivity contribution in [3.8, 4) is 44.5 Å². The van der Waals surface area contributed by atoms with Gasteiger partial charge in [-0.05, 0) is 261 Å². The van der Waals surface area contributed by atoms with Crippen LogP contribution in [0.4, 0.5) is 0 Å². The Morgan fingerprint density at radius 1 is 0.345 bits per heavy atom. The lowest BCUT2D eigenvalue weighted by atomic mass is 9.92. The molecule has 9 rings (SSSR count). The molecule has 8 bridgehead atoms. The number of aromatic nitrogens is 4. The number of nitrogens with one attached hydrogen (secondary N) is 2. The highest BCUT2D eigenvalue weighted by atomic mass is 127. The molecule has 0 fully saturated rings. The monoisotopic (exact) mass is 1200 g/mol. The molecule has 2 aliphatic rings. The Kier molecular flexibility index (Phi) is 10.8. The summed E-state index contributed by atoms with van der Waals surface area (Å²) in [4.78, 5) is 19.0. The lowest BCUT2D eigenvalue weighted by Gasteiger charge is -2.13. The zero-order chi connectivity index (χ0) is 40.6. The predicted octanol–water partition coefficient (Wildman–Crippen LogP) is 15.6. The number of nitrogens with zero attached hydrogens (tertiary/aromatic N) is 2. The van der Waals surface area contributed by atoms with E-state index in [-0.39, 0.29) is 0 Å². The maximum Gasteiger partial charge on any atom is 0.0737 e. The second-order valence-corrected chi connectivity index (χ2v) is 20.3. The molecule has 0 spiro atoms. The molecule has 0 unspecified atom stereocenters. The van der Waals surface area contributed by atoms with Crippen LogP contribution in [0.5, 0.6) is 0 Å². The number of aromatic amines is 2. The van der Waals surface area contributed by atoms with Crippen LogP contribution in [0.25, 0.3) is 90.9 Å². The first-order valence-corrected chi connectivity index (χ1v) is 23.4. The van der Waals surface area contributed by atoms with Crippen LogP contribution >= 0.6 is 90.4 Å². The van der Waals surface area contributed by atoms with Crippen molar-refractivity contribution in [1.82, 2.24) is 19.9 Å². The minimum atomic E-state index is 0.915. The van der Waals surface area contributed by atoms with Gasteiger partial charge in [-0.2, -0.15) is 0 Å². The van der Waals surface area contributed by atoms with Gasteiger partial charge in [0.05, 0.1) is 22.8 Å². The molecule has 286 valence electrons. The fourth-order valence-corrected chi connectivity index (χ4v) is 12.8. The zero-order valence-electron chi connectivity index (χ0n) is 32.8. The topological polar surface area (TPSA) is 57.4 Å². The normalized spacial score (nSPS) is 12.2. The number of benzene rings is 4. The van der Waals surface area contributed by atoms with Gasteiger partial charge < -0.3 is 9.97 Å². The first-order valence-electron chi connectivity index (χ1n) is 19.1. The number of aryl methyl sites for hydroxylation is 6. The maximum absolute atomic E-state index is 5.57. The van der Waals surface area contributed by atoms with E-state index in [1.165, 1.54) is 58.8 Å². The smallest absolute Gasteiger partial charge is 0.0737 e. The minimum Gasteiger partial charge on any atom is -0.354 e. The average molecular weight is 1200 g/mol. The van der Waals surface area contributed by atoms with Gasteiger partial charge in [-0.1, -0.05) is 35.4 Å². The van der Waals surface area contributed by atoms with Gasteiger partial charge >= 0.3 is 0 Å². The summed E-state index contributed by atoms with van der Waals surface area (Å²) in [6.45, 7) is 13.2. The number of fused-ring (bicyclic) bond motifs is 8. The fraction of sp³-hybridized carbons (Fsp3) is 0.120. The minimum absolute atomic E-state index is 0.915. The quantitative estimate of drug-likeness (QED) is 0.173. The third-order valence-corrected chi connectivity index (χ3v) is 13.4. The molecule has 58 heavy (non-hydrogen) atoms. The number of rotatable bonds is 4. The van der Waals surface area contributed by atoms with E-state index in [0.717, 1.165) is 78.2 Å². The van der Waals surface area contributed by atoms with Crippen molar-refractivity contribution in [2.75, 3.05) is 0 Å². The lowest BCUT2D eigenvalue weighted by molar-refractivity contribution is 1.28. The van der Waals surface area contributed by atoms with Crippen molar-refractivity contribution in [2.24, 2.45) is 0 Å². The van der Waals surface area contributed by atoms with Gasteiger partial charge in [-0.3, -0.25) is 0 Å². The molecule has 7 aromatic rings. The molecule has 4 nitrogen and oxygen atoms in total. The number of H-pyrrole nitrogens is 2. The maximum atomic E-state index is 5.57. The average Bonchev–Trinajstić information content (AvgIpc) is 3.97. The van der Waals surface area contributed by atoms with Gasteiger partial charge in [0.2, 0.25) is 0 Å². The van der Waals surface area contributed by atoms with Gasteiger partial charge in [0.1, 0.15) is 0 Å². The molecule has 2 N–H and O–H groups in total. The lowest BCUT2D eigenvalue weighted by Crippen LogP contribution is -1.95. The highest BCUT2D eigenvalue weighted by molar-refractivity contribution is 14.1. The summed E-state index contributed by atoms with van der Waals surface area (Å²) >= 11 is 9.72. The van der Waals surface area contributed by atoms with Gasteiger partial charge in [-0.25, -0.2) is 9.97 Å². The van der Waals surface area contributed by atoms with E-state index in [1.54, 1.807) is 0 Å². The van der Waals surface area contributed by atoms with Crippen LogP contribution in [0, 0.1) is 55.8 Å². The van der Waals surface area contributed by atoms with E-state index in [2.05, 4.69) is 251 Å². The molecule has 0 aliphatic carbocycles. The van der Waals surface area contributed by atoms with Crippen molar-refractivity contribution >= 4 is 137 Å². The third kappa shape index (κ3) is 7.44. The summed E-state index contributed by atoms with van der Waals surface area (Å²) in [5.41, 5.74) is 24.0. The molecule has 2 aliphatic heterocycles. The van der Waals surface area contributed by atoms with Crippen LogP contribution in [0.15, 0.2) is 84.9 Å². The van der Waals surface area contributed by atoms with Crippen molar-refractivity contribution in [2.45, 2.75) is 41.5 Å². The summed E-state index contributed by atoms with van der Waals surface area (Å²) in [7, 11) is 0. The van der Waals surface area contributed by atoms with Gasteiger partial charge in [0.25, 0.3) is 0 Å². The van der Waals surface area contributed by atoms with Crippen molar-refractivity contribution in [3.63, 3.8) is 0 Å². The molecular formula is C50H38I4N4. The van der Waals surface area contributed by atoms with Crippen LogP contribution in [0.3, 0.4) is 0 Å². The first-order chi connectivity index (χ1) is 27.8. The zero-order valence-corrected chi connectivity index (χ0v) is 41.4. The second kappa shape index (κ2) is 15.8. The molecule has 0 saturated carbocycles.